The van der Waals surface area contributed by atoms with E-state index in [4.69, 9.17) is 0 Å². The number of fused-ring (bicyclic) bond motifs is 1. The SMILES string of the molecule is CCC/C(C1=CCC=C(c2cccc3nsnc23)S1)=C(/C)CC. The number of rotatable bonds is 5. The van der Waals surface area contributed by atoms with Gasteiger partial charge in [0.25, 0.3) is 0 Å². The van der Waals surface area contributed by atoms with Gasteiger partial charge < -0.3 is 0 Å². The zero-order chi connectivity index (χ0) is 16.2. The van der Waals surface area contributed by atoms with Crippen LogP contribution in [0.4, 0.5) is 0 Å². The number of allylic oxidation sites excluding steroid dienone is 4. The Bertz CT molecular complexity index is 797. The Morgan fingerprint density at radius 1 is 1.17 bits per heavy atom. The molecule has 2 nitrogen and oxygen atoms in total. The van der Waals surface area contributed by atoms with Gasteiger partial charge in [-0.25, -0.2) is 0 Å². The Hall–Kier alpha value is -1.39. The van der Waals surface area contributed by atoms with E-state index in [0.29, 0.717) is 0 Å². The number of hydrogen-bond donors (Lipinski definition) is 0. The number of nitrogens with zero attached hydrogens (tertiary/aromatic N) is 2. The molecule has 4 heteroatoms. The second-order valence-corrected chi connectivity index (χ2v) is 7.39. The van der Waals surface area contributed by atoms with Crippen LogP contribution in [0.25, 0.3) is 15.9 Å². The summed E-state index contributed by atoms with van der Waals surface area (Å²) in [6.07, 6.45) is 9.15. The average molecular weight is 343 g/mol. The third-order valence-corrected chi connectivity index (χ3v) is 6.00. The van der Waals surface area contributed by atoms with Gasteiger partial charge in [-0.2, -0.15) is 8.75 Å². The largest absolute Gasteiger partial charge is 0.173 e. The Labute approximate surface area is 146 Å². The third kappa shape index (κ3) is 3.43. The monoisotopic (exact) mass is 342 g/mol. The van der Waals surface area contributed by atoms with Crippen LogP contribution < -0.4 is 0 Å². The summed E-state index contributed by atoms with van der Waals surface area (Å²) in [7, 11) is 0. The molecule has 1 aromatic carbocycles. The maximum Gasteiger partial charge on any atom is 0.113 e. The molecule has 0 fully saturated rings. The van der Waals surface area contributed by atoms with Crippen molar-refractivity contribution in [3.05, 3.63) is 52.0 Å². The van der Waals surface area contributed by atoms with Crippen LogP contribution in [0.15, 0.2) is 46.4 Å². The summed E-state index contributed by atoms with van der Waals surface area (Å²) in [5, 5.41) is 0. The lowest BCUT2D eigenvalue weighted by Crippen LogP contribution is -1.96. The number of thioether (sulfide) groups is 1. The van der Waals surface area contributed by atoms with Gasteiger partial charge in [-0.15, -0.1) is 0 Å². The van der Waals surface area contributed by atoms with Gasteiger partial charge in [-0.1, -0.05) is 61.9 Å². The fourth-order valence-corrected chi connectivity index (χ4v) is 4.66. The van der Waals surface area contributed by atoms with Crippen LogP contribution in [-0.4, -0.2) is 8.75 Å². The van der Waals surface area contributed by atoms with Crippen LogP contribution in [0.2, 0.25) is 0 Å². The van der Waals surface area contributed by atoms with Crippen molar-refractivity contribution in [1.29, 1.82) is 0 Å². The molecule has 1 aliphatic rings. The van der Waals surface area contributed by atoms with E-state index in [1.54, 1.807) is 0 Å². The minimum absolute atomic E-state index is 0.996. The smallest absolute Gasteiger partial charge is 0.113 e. The predicted molar refractivity (Wildman–Crippen MR) is 104 cm³/mol. The summed E-state index contributed by atoms with van der Waals surface area (Å²) >= 11 is 3.19. The van der Waals surface area contributed by atoms with E-state index in [9.17, 15) is 0 Å². The average Bonchev–Trinajstić information content (AvgIpc) is 3.07. The Kier molecular flexibility index (Phi) is 5.34. The zero-order valence-electron chi connectivity index (χ0n) is 13.9. The quantitative estimate of drug-likeness (QED) is 0.614. The van der Waals surface area contributed by atoms with E-state index in [1.165, 1.54) is 44.7 Å². The predicted octanol–water partition coefficient (Wildman–Crippen LogP) is 6.58. The van der Waals surface area contributed by atoms with Gasteiger partial charge in [-0.3, -0.25) is 0 Å². The Morgan fingerprint density at radius 3 is 2.83 bits per heavy atom. The van der Waals surface area contributed by atoms with Crippen LogP contribution in [0.3, 0.4) is 0 Å². The molecule has 0 atom stereocenters. The van der Waals surface area contributed by atoms with Gasteiger partial charge in [-0.05, 0) is 37.8 Å². The van der Waals surface area contributed by atoms with E-state index in [0.717, 1.165) is 30.3 Å². The maximum atomic E-state index is 4.50. The second-order valence-electron chi connectivity index (χ2n) is 5.77. The molecule has 0 saturated heterocycles. The van der Waals surface area contributed by atoms with E-state index < -0.39 is 0 Å². The molecule has 2 heterocycles. The minimum atomic E-state index is 0.996. The van der Waals surface area contributed by atoms with Gasteiger partial charge in [0.05, 0.1) is 11.7 Å². The Balaban J connectivity index is 1.93. The maximum absolute atomic E-state index is 4.50. The first-order valence-electron chi connectivity index (χ1n) is 8.23. The summed E-state index contributed by atoms with van der Waals surface area (Å²) in [6.45, 7) is 6.78. The van der Waals surface area contributed by atoms with Crippen LogP contribution in [0.5, 0.6) is 0 Å². The highest BCUT2D eigenvalue weighted by atomic mass is 32.2. The molecular formula is C19H22N2S2. The summed E-state index contributed by atoms with van der Waals surface area (Å²) in [4.78, 5) is 2.75. The van der Waals surface area contributed by atoms with Crippen molar-refractivity contribution < 1.29 is 0 Å². The summed E-state index contributed by atoms with van der Waals surface area (Å²) in [5.41, 5.74) is 6.30. The first-order chi connectivity index (χ1) is 11.2. The van der Waals surface area contributed by atoms with Crippen LogP contribution in [-0.2, 0) is 0 Å². The Morgan fingerprint density at radius 2 is 2.04 bits per heavy atom. The highest BCUT2D eigenvalue weighted by Gasteiger charge is 2.17. The van der Waals surface area contributed by atoms with Gasteiger partial charge >= 0.3 is 0 Å². The standard InChI is InChI=1S/C19H22N2S2/c1-4-8-14(13(3)5-2)17-11-7-12-18(22-17)15-9-6-10-16-19(15)21-23-20-16/h6,9-12H,4-5,7-8H2,1-3H3/b14-13+. The molecular weight excluding hydrogens is 320 g/mol. The molecule has 0 unspecified atom stereocenters. The lowest BCUT2D eigenvalue weighted by Gasteiger charge is -2.19. The van der Waals surface area contributed by atoms with Crippen LogP contribution >= 0.6 is 23.5 Å². The molecule has 2 aromatic rings. The molecule has 1 aromatic heterocycles. The minimum Gasteiger partial charge on any atom is -0.173 e. The van der Waals surface area contributed by atoms with Gasteiger partial charge in [0.15, 0.2) is 0 Å². The molecule has 120 valence electrons. The number of benzene rings is 1. The fourth-order valence-electron chi connectivity index (χ4n) is 2.84. The summed E-state index contributed by atoms with van der Waals surface area (Å²) < 4.78 is 8.87. The first kappa shape index (κ1) is 16.5. The molecule has 0 saturated carbocycles. The van der Waals surface area contributed by atoms with E-state index >= 15 is 0 Å². The van der Waals surface area contributed by atoms with E-state index in [-0.39, 0.29) is 0 Å². The molecule has 0 N–H and O–H groups in total. The topological polar surface area (TPSA) is 25.8 Å². The lowest BCUT2D eigenvalue weighted by atomic mass is 10.0. The van der Waals surface area contributed by atoms with Crippen molar-refractivity contribution in [2.24, 2.45) is 0 Å². The van der Waals surface area contributed by atoms with Crippen molar-refractivity contribution >= 4 is 39.4 Å². The van der Waals surface area contributed by atoms with Gasteiger partial charge in [0.2, 0.25) is 0 Å². The highest BCUT2D eigenvalue weighted by Crippen LogP contribution is 2.44. The highest BCUT2D eigenvalue weighted by molar-refractivity contribution is 8.12. The number of aromatic nitrogens is 2. The molecule has 1 aliphatic heterocycles. The molecule has 0 radical (unpaired) electrons. The van der Waals surface area contributed by atoms with Gasteiger partial charge in [0.1, 0.15) is 11.0 Å². The van der Waals surface area contributed by atoms with E-state index in [1.807, 2.05) is 17.8 Å². The van der Waals surface area contributed by atoms with Crippen LogP contribution in [0.1, 0.15) is 52.0 Å². The molecule has 0 aliphatic carbocycles. The number of hydrogen-bond acceptors (Lipinski definition) is 4. The zero-order valence-corrected chi connectivity index (χ0v) is 15.6. The van der Waals surface area contributed by atoms with Crippen molar-refractivity contribution in [2.75, 3.05) is 0 Å². The lowest BCUT2D eigenvalue weighted by molar-refractivity contribution is 0.892. The van der Waals surface area contributed by atoms with Crippen molar-refractivity contribution in [3.63, 3.8) is 0 Å². The molecule has 3 rings (SSSR count). The van der Waals surface area contributed by atoms with Crippen molar-refractivity contribution in [3.8, 4) is 0 Å². The molecule has 0 bridgehead atoms. The van der Waals surface area contributed by atoms with E-state index in [2.05, 4.69) is 53.8 Å². The first-order valence-corrected chi connectivity index (χ1v) is 9.78. The second kappa shape index (κ2) is 7.45. The van der Waals surface area contributed by atoms with Crippen molar-refractivity contribution in [1.82, 2.24) is 8.75 Å². The van der Waals surface area contributed by atoms with Crippen molar-refractivity contribution in [2.45, 2.75) is 46.5 Å². The third-order valence-electron chi connectivity index (χ3n) is 4.22. The van der Waals surface area contributed by atoms with Gasteiger partial charge in [0, 0.05) is 15.4 Å². The summed E-state index contributed by atoms with van der Waals surface area (Å²) in [5.74, 6) is 0. The molecule has 0 amide bonds. The molecule has 23 heavy (non-hydrogen) atoms. The van der Waals surface area contributed by atoms with Crippen LogP contribution in [0, 0.1) is 0 Å². The molecule has 0 spiro atoms. The summed E-state index contributed by atoms with van der Waals surface area (Å²) in [6, 6.07) is 6.29. The normalized spacial score (nSPS) is 16.1. The fraction of sp³-hybridized carbons (Fsp3) is 0.368.